The van der Waals surface area contributed by atoms with Crippen molar-refractivity contribution < 1.29 is 4.79 Å². The van der Waals surface area contributed by atoms with Gasteiger partial charge < -0.3 is 11.1 Å². The zero-order valence-electron chi connectivity index (χ0n) is 12.3. The maximum atomic E-state index is 12.1. The molecule has 0 spiro atoms. The van der Waals surface area contributed by atoms with Gasteiger partial charge in [-0.05, 0) is 37.6 Å². The van der Waals surface area contributed by atoms with Crippen LogP contribution in [-0.4, -0.2) is 18.5 Å². The Hall–Kier alpha value is -0.570. The second kappa shape index (κ2) is 7.13. The highest BCUT2D eigenvalue weighted by molar-refractivity contribution is 5.77. The molecular weight excluding hydrogens is 224 g/mol. The van der Waals surface area contributed by atoms with E-state index in [0.717, 1.165) is 19.3 Å². The van der Waals surface area contributed by atoms with Crippen LogP contribution >= 0.6 is 0 Å². The molecule has 3 N–H and O–H groups in total. The number of carbonyl (C=O) groups is 1. The first-order chi connectivity index (χ1) is 8.53. The highest BCUT2D eigenvalue weighted by Gasteiger charge is 2.33. The van der Waals surface area contributed by atoms with Crippen LogP contribution in [0.2, 0.25) is 0 Å². The molecule has 18 heavy (non-hydrogen) atoms. The van der Waals surface area contributed by atoms with Gasteiger partial charge in [-0.3, -0.25) is 4.79 Å². The summed E-state index contributed by atoms with van der Waals surface area (Å²) >= 11 is 0. The second-order valence-corrected chi connectivity index (χ2v) is 6.18. The molecule has 0 bridgehead atoms. The number of carbonyl (C=O) groups excluding carboxylic acids is 1. The Kier molecular flexibility index (Phi) is 6.13. The fourth-order valence-corrected chi connectivity index (χ4v) is 2.90. The van der Waals surface area contributed by atoms with Gasteiger partial charge >= 0.3 is 0 Å². The van der Waals surface area contributed by atoms with E-state index in [1.54, 1.807) is 0 Å². The minimum absolute atomic E-state index is 0.0809. The zero-order chi connectivity index (χ0) is 13.6. The second-order valence-electron chi connectivity index (χ2n) is 6.18. The molecule has 1 amide bonds. The maximum Gasteiger partial charge on any atom is 0.220 e. The third-order valence-electron chi connectivity index (χ3n) is 4.77. The predicted octanol–water partition coefficient (Wildman–Crippen LogP) is 2.84. The van der Waals surface area contributed by atoms with E-state index in [4.69, 9.17) is 5.73 Å². The highest BCUT2D eigenvalue weighted by atomic mass is 16.1. The Labute approximate surface area is 112 Å². The topological polar surface area (TPSA) is 55.1 Å². The van der Waals surface area contributed by atoms with Crippen LogP contribution in [0, 0.1) is 11.3 Å². The number of hydrogen-bond acceptors (Lipinski definition) is 2. The molecule has 0 heterocycles. The van der Waals surface area contributed by atoms with Crippen molar-refractivity contribution in [2.24, 2.45) is 17.1 Å². The molecule has 2 unspecified atom stereocenters. The summed E-state index contributed by atoms with van der Waals surface area (Å²) in [7, 11) is 0. The van der Waals surface area contributed by atoms with Gasteiger partial charge in [0.15, 0.2) is 0 Å². The lowest BCUT2D eigenvalue weighted by molar-refractivity contribution is -0.124. The first-order valence-electron chi connectivity index (χ1n) is 7.52. The van der Waals surface area contributed by atoms with Crippen LogP contribution in [-0.2, 0) is 4.79 Å². The number of nitrogens with one attached hydrogen (secondary N) is 1. The first-order valence-corrected chi connectivity index (χ1v) is 7.52. The van der Waals surface area contributed by atoms with Crippen molar-refractivity contribution in [1.29, 1.82) is 0 Å². The normalized spacial score (nSPS) is 22.2. The molecule has 1 aliphatic rings. The van der Waals surface area contributed by atoms with Crippen molar-refractivity contribution in [3.8, 4) is 0 Å². The standard InChI is InChI=1S/C15H30N2O/c1-4-12(2)13(3)17-14(18)10-15(11-16)8-6-5-7-9-15/h12-13H,4-11,16H2,1-3H3,(H,17,18). The summed E-state index contributed by atoms with van der Waals surface area (Å²) in [4.78, 5) is 12.1. The summed E-state index contributed by atoms with van der Waals surface area (Å²) in [6.45, 7) is 7.10. The van der Waals surface area contributed by atoms with Crippen LogP contribution in [0.5, 0.6) is 0 Å². The van der Waals surface area contributed by atoms with E-state index in [2.05, 4.69) is 26.1 Å². The maximum absolute atomic E-state index is 12.1. The summed E-state index contributed by atoms with van der Waals surface area (Å²) < 4.78 is 0. The average Bonchev–Trinajstić information content (AvgIpc) is 2.38. The molecule has 1 aliphatic carbocycles. The highest BCUT2D eigenvalue weighted by Crippen LogP contribution is 2.38. The lowest BCUT2D eigenvalue weighted by atomic mass is 9.71. The molecule has 1 saturated carbocycles. The van der Waals surface area contributed by atoms with Gasteiger partial charge in [-0.15, -0.1) is 0 Å². The number of nitrogens with two attached hydrogens (primary N) is 1. The quantitative estimate of drug-likeness (QED) is 0.766. The van der Waals surface area contributed by atoms with Gasteiger partial charge in [0, 0.05) is 12.5 Å². The molecule has 0 aromatic carbocycles. The van der Waals surface area contributed by atoms with Crippen LogP contribution in [0.15, 0.2) is 0 Å². The summed E-state index contributed by atoms with van der Waals surface area (Å²) in [5, 5.41) is 3.14. The lowest BCUT2D eigenvalue weighted by Gasteiger charge is -2.36. The number of rotatable bonds is 6. The van der Waals surface area contributed by atoms with Crippen LogP contribution in [0.4, 0.5) is 0 Å². The van der Waals surface area contributed by atoms with Gasteiger partial charge in [-0.25, -0.2) is 0 Å². The van der Waals surface area contributed by atoms with Gasteiger partial charge in [0.05, 0.1) is 0 Å². The molecular formula is C15H30N2O. The fraction of sp³-hybridized carbons (Fsp3) is 0.933. The van der Waals surface area contributed by atoms with Crippen molar-refractivity contribution in [2.45, 2.75) is 71.8 Å². The monoisotopic (exact) mass is 254 g/mol. The Morgan fingerprint density at radius 3 is 2.39 bits per heavy atom. The minimum atomic E-state index is 0.0809. The van der Waals surface area contributed by atoms with Crippen molar-refractivity contribution in [3.05, 3.63) is 0 Å². The number of hydrogen-bond donors (Lipinski definition) is 2. The van der Waals surface area contributed by atoms with Crippen molar-refractivity contribution >= 4 is 5.91 Å². The Morgan fingerprint density at radius 2 is 1.89 bits per heavy atom. The Balaban J connectivity index is 2.47. The fourth-order valence-electron chi connectivity index (χ4n) is 2.90. The van der Waals surface area contributed by atoms with E-state index in [9.17, 15) is 4.79 Å². The smallest absolute Gasteiger partial charge is 0.220 e. The SMILES string of the molecule is CCC(C)C(C)NC(=O)CC1(CN)CCCCC1. The van der Waals surface area contributed by atoms with E-state index >= 15 is 0 Å². The average molecular weight is 254 g/mol. The lowest BCUT2D eigenvalue weighted by Crippen LogP contribution is -2.42. The molecule has 3 nitrogen and oxygen atoms in total. The van der Waals surface area contributed by atoms with Gasteiger partial charge in [-0.1, -0.05) is 39.5 Å². The molecule has 2 atom stereocenters. The van der Waals surface area contributed by atoms with Crippen molar-refractivity contribution in [1.82, 2.24) is 5.32 Å². The van der Waals surface area contributed by atoms with Gasteiger partial charge in [-0.2, -0.15) is 0 Å². The molecule has 0 radical (unpaired) electrons. The molecule has 1 rings (SSSR count). The third kappa shape index (κ3) is 4.27. The van der Waals surface area contributed by atoms with Crippen LogP contribution in [0.25, 0.3) is 0 Å². The van der Waals surface area contributed by atoms with Crippen molar-refractivity contribution in [3.63, 3.8) is 0 Å². The molecule has 106 valence electrons. The molecule has 1 fully saturated rings. The third-order valence-corrected chi connectivity index (χ3v) is 4.77. The van der Waals surface area contributed by atoms with Crippen LogP contribution < -0.4 is 11.1 Å². The Bertz CT molecular complexity index is 259. The van der Waals surface area contributed by atoms with Gasteiger partial charge in [0.25, 0.3) is 0 Å². The van der Waals surface area contributed by atoms with Crippen LogP contribution in [0.1, 0.15) is 65.7 Å². The molecule has 0 aromatic rings. The van der Waals surface area contributed by atoms with Gasteiger partial charge in [0.2, 0.25) is 5.91 Å². The van der Waals surface area contributed by atoms with E-state index in [1.807, 2.05) is 0 Å². The summed E-state index contributed by atoms with van der Waals surface area (Å²) in [6, 6.07) is 0.265. The van der Waals surface area contributed by atoms with E-state index in [0.29, 0.717) is 18.9 Å². The molecule has 3 heteroatoms. The van der Waals surface area contributed by atoms with Crippen molar-refractivity contribution in [2.75, 3.05) is 6.54 Å². The van der Waals surface area contributed by atoms with E-state index < -0.39 is 0 Å². The summed E-state index contributed by atoms with van der Waals surface area (Å²) in [5.41, 5.74) is 6.00. The summed E-state index contributed by atoms with van der Waals surface area (Å²) in [5.74, 6) is 0.726. The molecule has 0 aliphatic heterocycles. The van der Waals surface area contributed by atoms with E-state index in [-0.39, 0.29) is 17.4 Å². The zero-order valence-corrected chi connectivity index (χ0v) is 12.3. The molecule has 0 saturated heterocycles. The molecule has 0 aromatic heterocycles. The van der Waals surface area contributed by atoms with Crippen LogP contribution in [0.3, 0.4) is 0 Å². The minimum Gasteiger partial charge on any atom is -0.353 e. The Morgan fingerprint density at radius 1 is 1.28 bits per heavy atom. The summed E-state index contributed by atoms with van der Waals surface area (Å²) in [6.07, 6.45) is 7.71. The predicted molar refractivity (Wildman–Crippen MR) is 76.2 cm³/mol. The van der Waals surface area contributed by atoms with E-state index in [1.165, 1.54) is 19.3 Å². The van der Waals surface area contributed by atoms with Gasteiger partial charge in [0.1, 0.15) is 0 Å². The first kappa shape index (κ1) is 15.5. The largest absolute Gasteiger partial charge is 0.353 e. The number of amides is 1.